The molecule has 1 heterocycles. The number of alkyl carbamates (subject to hydrolysis) is 1. The van der Waals surface area contributed by atoms with E-state index in [1.807, 2.05) is 51.1 Å². The molecule has 2 aromatic rings. The molecular weight excluding hydrogens is 268 g/mol. The van der Waals surface area contributed by atoms with Gasteiger partial charge in [0.25, 0.3) is 0 Å². The molecular formula is C15H20N4O2. The molecule has 0 aliphatic rings. The van der Waals surface area contributed by atoms with Crippen molar-refractivity contribution in [3.63, 3.8) is 0 Å². The molecule has 21 heavy (non-hydrogen) atoms. The van der Waals surface area contributed by atoms with Gasteiger partial charge in [-0.3, -0.25) is 5.10 Å². The molecule has 6 heteroatoms. The Balaban J connectivity index is 2.23. The normalized spacial score (nSPS) is 12.7. The Morgan fingerprint density at radius 1 is 1.33 bits per heavy atom. The summed E-state index contributed by atoms with van der Waals surface area (Å²) < 4.78 is 5.30. The van der Waals surface area contributed by atoms with Crippen molar-refractivity contribution in [2.45, 2.75) is 32.4 Å². The molecule has 0 spiro atoms. The lowest BCUT2D eigenvalue weighted by atomic mass is 10.0. The molecule has 4 N–H and O–H groups in total. The first-order valence-corrected chi connectivity index (χ1v) is 6.70. The van der Waals surface area contributed by atoms with Crippen molar-refractivity contribution < 1.29 is 9.53 Å². The molecule has 112 valence electrons. The van der Waals surface area contributed by atoms with Crippen molar-refractivity contribution in [2.75, 3.05) is 5.73 Å². The number of amides is 1. The van der Waals surface area contributed by atoms with Crippen LogP contribution in [0.3, 0.4) is 0 Å². The number of nitrogens with two attached hydrogens (primary N) is 1. The van der Waals surface area contributed by atoms with Gasteiger partial charge in [0.15, 0.2) is 0 Å². The monoisotopic (exact) mass is 288 g/mol. The summed E-state index contributed by atoms with van der Waals surface area (Å²) in [4.78, 5) is 12.0. The summed E-state index contributed by atoms with van der Waals surface area (Å²) in [6, 6.07) is 10.8. The van der Waals surface area contributed by atoms with Crippen molar-refractivity contribution in [3.8, 4) is 0 Å². The van der Waals surface area contributed by atoms with Gasteiger partial charge in [0.1, 0.15) is 11.4 Å². The Morgan fingerprint density at radius 3 is 2.52 bits per heavy atom. The van der Waals surface area contributed by atoms with E-state index in [0.29, 0.717) is 11.5 Å². The number of nitrogen functional groups attached to an aromatic ring is 1. The second-order valence-electron chi connectivity index (χ2n) is 5.74. The highest BCUT2D eigenvalue weighted by Crippen LogP contribution is 2.22. The minimum absolute atomic E-state index is 0.372. The van der Waals surface area contributed by atoms with Crippen LogP contribution in [0.5, 0.6) is 0 Å². The van der Waals surface area contributed by atoms with Crippen LogP contribution in [0.1, 0.15) is 38.1 Å². The van der Waals surface area contributed by atoms with Gasteiger partial charge in [-0.2, -0.15) is 5.10 Å². The van der Waals surface area contributed by atoms with E-state index in [-0.39, 0.29) is 0 Å². The van der Waals surface area contributed by atoms with Gasteiger partial charge >= 0.3 is 6.09 Å². The molecule has 1 amide bonds. The van der Waals surface area contributed by atoms with Crippen LogP contribution < -0.4 is 11.1 Å². The number of benzene rings is 1. The van der Waals surface area contributed by atoms with E-state index in [0.717, 1.165) is 5.56 Å². The predicted molar refractivity (Wildman–Crippen MR) is 80.7 cm³/mol. The number of aromatic nitrogens is 2. The molecule has 0 bridgehead atoms. The van der Waals surface area contributed by atoms with Crippen molar-refractivity contribution >= 4 is 11.9 Å². The third-order valence-electron chi connectivity index (χ3n) is 2.72. The SMILES string of the molecule is CC(C)(C)OC(=O)NC(c1ccccc1)c1cc(N)n[nH]1. The number of nitrogens with one attached hydrogen (secondary N) is 2. The first-order valence-electron chi connectivity index (χ1n) is 6.70. The molecule has 2 rings (SSSR count). The standard InChI is InChI=1S/C15H20N4O2/c1-15(2,3)21-14(20)17-13(10-7-5-4-6-8-10)11-9-12(16)19-18-11/h4-9,13H,1-3H3,(H,17,20)(H3,16,18,19). The largest absolute Gasteiger partial charge is 0.444 e. The summed E-state index contributed by atoms with van der Waals surface area (Å²) in [6.07, 6.45) is -0.496. The Morgan fingerprint density at radius 2 is 2.00 bits per heavy atom. The number of H-pyrrole nitrogens is 1. The Labute approximate surface area is 123 Å². The van der Waals surface area contributed by atoms with Gasteiger partial charge < -0.3 is 15.8 Å². The molecule has 0 saturated carbocycles. The summed E-state index contributed by atoms with van der Waals surface area (Å²) in [5, 5.41) is 9.56. The van der Waals surface area contributed by atoms with Gasteiger partial charge in [0.2, 0.25) is 0 Å². The fraction of sp³-hybridized carbons (Fsp3) is 0.333. The molecule has 0 aliphatic heterocycles. The Bertz CT molecular complexity index is 602. The minimum Gasteiger partial charge on any atom is -0.444 e. The molecule has 1 unspecified atom stereocenters. The van der Waals surface area contributed by atoms with Gasteiger partial charge in [-0.25, -0.2) is 4.79 Å². The fourth-order valence-electron chi connectivity index (χ4n) is 1.91. The summed E-state index contributed by atoms with van der Waals surface area (Å²) in [7, 11) is 0. The van der Waals surface area contributed by atoms with Gasteiger partial charge in [0, 0.05) is 6.07 Å². The second-order valence-corrected chi connectivity index (χ2v) is 5.74. The van der Waals surface area contributed by atoms with E-state index in [9.17, 15) is 4.79 Å². The Hall–Kier alpha value is -2.50. The fourth-order valence-corrected chi connectivity index (χ4v) is 1.91. The zero-order valence-electron chi connectivity index (χ0n) is 12.4. The van der Waals surface area contributed by atoms with Crippen LogP contribution in [0.2, 0.25) is 0 Å². The average molecular weight is 288 g/mol. The van der Waals surface area contributed by atoms with E-state index in [1.165, 1.54) is 0 Å². The Kier molecular flexibility index (Phi) is 4.16. The first-order chi connectivity index (χ1) is 9.85. The molecule has 1 aromatic heterocycles. The second kappa shape index (κ2) is 5.87. The number of nitrogens with zero attached hydrogens (tertiary/aromatic N) is 1. The van der Waals surface area contributed by atoms with Crippen LogP contribution >= 0.6 is 0 Å². The molecule has 1 aromatic carbocycles. The molecule has 0 fully saturated rings. The van der Waals surface area contributed by atoms with Crippen molar-refractivity contribution in [1.29, 1.82) is 0 Å². The average Bonchev–Trinajstić information content (AvgIpc) is 2.81. The zero-order chi connectivity index (χ0) is 15.5. The van der Waals surface area contributed by atoms with Crippen LogP contribution in [0, 0.1) is 0 Å². The highest BCUT2D eigenvalue weighted by atomic mass is 16.6. The highest BCUT2D eigenvalue weighted by molar-refractivity contribution is 5.69. The van der Waals surface area contributed by atoms with E-state index >= 15 is 0 Å². The molecule has 0 aliphatic carbocycles. The lowest BCUT2D eigenvalue weighted by Crippen LogP contribution is -2.35. The molecule has 0 radical (unpaired) electrons. The summed E-state index contributed by atoms with van der Waals surface area (Å²) in [5.41, 5.74) is 6.69. The lowest BCUT2D eigenvalue weighted by molar-refractivity contribution is 0.0511. The molecule has 6 nitrogen and oxygen atoms in total. The summed E-state index contributed by atoms with van der Waals surface area (Å²) in [6.45, 7) is 5.45. The molecule has 0 saturated heterocycles. The number of rotatable bonds is 3. The third kappa shape index (κ3) is 4.24. The van der Waals surface area contributed by atoms with Crippen LogP contribution in [-0.4, -0.2) is 21.9 Å². The summed E-state index contributed by atoms with van der Waals surface area (Å²) >= 11 is 0. The van der Waals surface area contributed by atoms with Gasteiger partial charge in [0.05, 0.1) is 11.7 Å². The van der Waals surface area contributed by atoms with E-state index in [2.05, 4.69) is 15.5 Å². The number of hydrogen-bond acceptors (Lipinski definition) is 4. The number of anilines is 1. The number of carbonyl (C=O) groups is 1. The topological polar surface area (TPSA) is 93.0 Å². The first kappa shape index (κ1) is 14.9. The van der Waals surface area contributed by atoms with Crippen LogP contribution in [0.25, 0.3) is 0 Å². The van der Waals surface area contributed by atoms with Crippen LogP contribution in [-0.2, 0) is 4.74 Å². The summed E-state index contributed by atoms with van der Waals surface area (Å²) in [5.74, 6) is 0.372. The van der Waals surface area contributed by atoms with Crippen LogP contribution in [0.4, 0.5) is 10.6 Å². The van der Waals surface area contributed by atoms with Gasteiger partial charge in [-0.1, -0.05) is 30.3 Å². The van der Waals surface area contributed by atoms with Crippen LogP contribution in [0.15, 0.2) is 36.4 Å². The maximum absolute atomic E-state index is 12.0. The molecule has 1 atom stereocenters. The smallest absolute Gasteiger partial charge is 0.408 e. The maximum atomic E-state index is 12.0. The lowest BCUT2D eigenvalue weighted by Gasteiger charge is -2.23. The van der Waals surface area contributed by atoms with E-state index in [4.69, 9.17) is 10.5 Å². The van der Waals surface area contributed by atoms with Crippen molar-refractivity contribution in [2.24, 2.45) is 0 Å². The number of hydrogen-bond donors (Lipinski definition) is 3. The maximum Gasteiger partial charge on any atom is 0.408 e. The minimum atomic E-state index is -0.557. The van der Waals surface area contributed by atoms with Crippen molar-refractivity contribution in [3.05, 3.63) is 47.7 Å². The van der Waals surface area contributed by atoms with Gasteiger partial charge in [-0.05, 0) is 26.3 Å². The number of ether oxygens (including phenoxy) is 1. The zero-order valence-corrected chi connectivity index (χ0v) is 12.4. The van der Waals surface area contributed by atoms with Crippen molar-refractivity contribution in [1.82, 2.24) is 15.5 Å². The third-order valence-corrected chi connectivity index (χ3v) is 2.72. The van der Waals surface area contributed by atoms with E-state index < -0.39 is 17.7 Å². The van der Waals surface area contributed by atoms with Gasteiger partial charge in [-0.15, -0.1) is 0 Å². The quantitative estimate of drug-likeness (QED) is 0.809. The highest BCUT2D eigenvalue weighted by Gasteiger charge is 2.22. The number of aromatic amines is 1. The predicted octanol–water partition coefficient (Wildman–Crippen LogP) is 2.61. The van der Waals surface area contributed by atoms with E-state index in [1.54, 1.807) is 6.07 Å². The number of carbonyl (C=O) groups excluding carboxylic acids is 1.